The van der Waals surface area contributed by atoms with Gasteiger partial charge in [-0.15, -0.1) is 0 Å². The Morgan fingerprint density at radius 3 is 1.94 bits per heavy atom. The lowest BCUT2D eigenvalue weighted by Crippen LogP contribution is -2.38. The Morgan fingerprint density at radius 2 is 1.56 bits per heavy atom. The Morgan fingerprint density at radius 1 is 1.06 bits per heavy atom. The van der Waals surface area contributed by atoms with Gasteiger partial charge in [0.15, 0.2) is 0 Å². The second-order valence-electron chi connectivity index (χ2n) is 2.87. The molecule has 0 radical (unpaired) electrons. The van der Waals surface area contributed by atoms with Crippen molar-refractivity contribution >= 4 is 17.8 Å². The van der Waals surface area contributed by atoms with Crippen molar-refractivity contribution in [1.29, 1.82) is 0 Å². The average molecular weight is 227 g/mol. The lowest BCUT2D eigenvalue weighted by molar-refractivity contribution is -0.147. The first-order valence-electron chi connectivity index (χ1n) is 4.49. The molecule has 0 aromatic heterocycles. The van der Waals surface area contributed by atoms with Crippen LogP contribution in [0.5, 0.6) is 0 Å². The largest absolute Gasteiger partial charge is 0.480 e. The van der Waals surface area contributed by atoms with E-state index in [1.807, 2.05) is 0 Å². The Kier molecular flexibility index (Phi) is 6.27. The van der Waals surface area contributed by atoms with Crippen LogP contribution in [0.25, 0.3) is 0 Å². The summed E-state index contributed by atoms with van der Waals surface area (Å²) in [5.41, 5.74) is 0. The second kappa shape index (κ2) is 7.22. The van der Waals surface area contributed by atoms with Gasteiger partial charge in [0.05, 0.1) is 0 Å². The molecule has 0 rings (SSSR count). The van der Waals surface area contributed by atoms with Gasteiger partial charge in [-0.2, -0.15) is 0 Å². The molecule has 0 aliphatic heterocycles. The van der Waals surface area contributed by atoms with Gasteiger partial charge in [0.2, 0.25) is 5.91 Å². The van der Waals surface area contributed by atoms with Crippen molar-refractivity contribution in [3.8, 4) is 0 Å². The number of rotatable bonds is 6. The van der Waals surface area contributed by atoms with Gasteiger partial charge in [-0.05, 0) is 6.92 Å². The number of hydrogen-bond acceptors (Lipinski definition) is 3. The number of carbonyl (C=O) groups excluding carboxylic acids is 1. The SMILES string of the molecule is CC=CC=CC(=O)N(CC(=O)O)CC(=O)O. The lowest BCUT2D eigenvalue weighted by Gasteiger charge is -2.15. The molecule has 2 N–H and O–H groups in total. The van der Waals surface area contributed by atoms with Crippen molar-refractivity contribution in [1.82, 2.24) is 4.90 Å². The molecule has 0 heterocycles. The van der Waals surface area contributed by atoms with Gasteiger partial charge in [0.1, 0.15) is 13.1 Å². The Labute approximate surface area is 92.5 Å². The van der Waals surface area contributed by atoms with Crippen LogP contribution in [0.1, 0.15) is 6.92 Å². The first-order valence-corrected chi connectivity index (χ1v) is 4.49. The van der Waals surface area contributed by atoms with E-state index in [0.29, 0.717) is 0 Å². The molecule has 1 amide bonds. The molecular weight excluding hydrogens is 214 g/mol. The van der Waals surface area contributed by atoms with E-state index in [2.05, 4.69) is 0 Å². The van der Waals surface area contributed by atoms with Crippen LogP contribution in [0.2, 0.25) is 0 Å². The lowest BCUT2D eigenvalue weighted by atomic mass is 10.3. The smallest absolute Gasteiger partial charge is 0.323 e. The summed E-state index contributed by atoms with van der Waals surface area (Å²) in [6, 6.07) is 0. The maximum atomic E-state index is 11.4. The van der Waals surface area contributed by atoms with Crippen molar-refractivity contribution in [2.75, 3.05) is 13.1 Å². The molecule has 0 aliphatic rings. The topological polar surface area (TPSA) is 94.9 Å². The van der Waals surface area contributed by atoms with Gasteiger partial charge in [-0.25, -0.2) is 0 Å². The van der Waals surface area contributed by atoms with E-state index in [1.54, 1.807) is 19.1 Å². The van der Waals surface area contributed by atoms with Crippen molar-refractivity contribution in [3.63, 3.8) is 0 Å². The van der Waals surface area contributed by atoms with Gasteiger partial charge >= 0.3 is 11.9 Å². The van der Waals surface area contributed by atoms with Crippen LogP contribution in [-0.2, 0) is 14.4 Å². The molecule has 6 heteroatoms. The first kappa shape index (κ1) is 13.9. The van der Waals surface area contributed by atoms with Crippen LogP contribution in [0.4, 0.5) is 0 Å². The summed E-state index contributed by atoms with van der Waals surface area (Å²) < 4.78 is 0. The highest BCUT2D eigenvalue weighted by Gasteiger charge is 2.16. The zero-order valence-corrected chi connectivity index (χ0v) is 8.79. The molecule has 16 heavy (non-hydrogen) atoms. The highest BCUT2D eigenvalue weighted by Crippen LogP contribution is 1.92. The van der Waals surface area contributed by atoms with Gasteiger partial charge in [-0.3, -0.25) is 14.4 Å². The fourth-order valence-electron chi connectivity index (χ4n) is 0.893. The summed E-state index contributed by atoms with van der Waals surface area (Å²) in [5, 5.41) is 17.0. The van der Waals surface area contributed by atoms with Gasteiger partial charge in [0, 0.05) is 6.08 Å². The Balaban J connectivity index is 4.54. The van der Waals surface area contributed by atoms with Crippen LogP contribution in [0.3, 0.4) is 0 Å². The summed E-state index contributed by atoms with van der Waals surface area (Å²) in [7, 11) is 0. The third-order valence-corrected chi connectivity index (χ3v) is 1.51. The minimum Gasteiger partial charge on any atom is -0.480 e. The molecular formula is C10H13NO5. The fourth-order valence-corrected chi connectivity index (χ4v) is 0.893. The number of carboxylic acids is 2. The predicted octanol–water partition coefficient (Wildman–Crippen LogP) is 0.116. The summed E-state index contributed by atoms with van der Waals surface area (Å²) in [6.07, 6.45) is 5.80. The molecule has 0 saturated heterocycles. The molecule has 0 aliphatic carbocycles. The zero-order chi connectivity index (χ0) is 12.6. The van der Waals surface area contributed by atoms with Crippen LogP contribution < -0.4 is 0 Å². The van der Waals surface area contributed by atoms with E-state index < -0.39 is 30.9 Å². The zero-order valence-electron chi connectivity index (χ0n) is 8.79. The summed E-state index contributed by atoms with van der Waals surface area (Å²) >= 11 is 0. The number of aliphatic carboxylic acids is 2. The minimum atomic E-state index is -1.26. The quantitative estimate of drug-likeness (QED) is 0.496. The molecule has 6 nitrogen and oxygen atoms in total. The second-order valence-corrected chi connectivity index (χ2v) is 2.87. The van der Waals surface area contributed by atoms with E-state index in [-0.39, 0.29) is 0 Å². The Hall–Kier alpha value is -2.11. The molecule has 0 aromatic rings. The first-order chi connectivity index (χ1) is 7.47. The van der Waals surface area contributed by atoms with Crippen LogP contribution >= 0.6 is 0 Å². The molecule has 0 atom stereocenters. The van der Waals surface area contributed by atoms with Gasteiger partial charge in [0.25, 0.3) is 0 Å². The number of carbonyl (C=O) groups is 3. The van der Waals surface area contributed by atoms with Crippen molar-refractivity contribution in [2.24, 2.45) is 0 Å². The molecule has 0 aromatic carbocycles. The molecule has 0 saturated carbocycles. The average Bonchev–Trinajstić information content (AvgIpc) is 2.15. The number of carboxylic acid groups (broad SMARTS) is 2. The maximum Gasteiger partial charge on any atom is 0.323 e. The predicted molar refractivity (Wildman–Crippen MR) is 55.8 cm³/mol. The van der Waals surface area contributed by atoms with E-state index in [4.69, 9.17) is 10.2 Å². The third kappa shape index (κ3) is 6.36. The van der Waals surface area contributed by atoms with Crippen LogP contribution in [0, 0.1) is 0 Å². The third-order valence-electron chi connectivity index (χ3n) is 1.51. The van der Waals surface area contributed by atoms with Crippen LogP contribution in [0.15, 0.2) is 24.3 Å². The number of amides is 1. The van der Waals surface area contributed by atoms with E-state index in [9.17, 15) is 14.4 Å². The minimum absolute atomic E-state index is 0.634. The van der Waals surface area contributed by atoms with Gasteiger partial charge in [-0.1, -0.05) is 18.2 Å². The molecule has 88 valence electrons. The standard InChI is InChI=1S/C10H13NO5/c1-2-3-4-5-8(12)11(6-9(13)14)7-10(15)16/h2-5H,6-7H2,1H3,(H,13,14)(H,15,16). The van der Waals surface area contributed by atoms with E-state index >= 15 is 0 Å². The van der Waals surface area contributed by atoms with Crippen LogP contribution in [-0.4, -0.2) is 46.0 Å². The normalized spacial score (nSPS) is 10.8. The fraction of sp³-hybridized carbons (Fsp3) is 0.300. The van der Waals surface area contributed by atoms with E-state index in [1.165, 1.54) is 6.08 Å². The molecule has 0 unspecified atom stereocenters. The van der Waals surface area contributed by atoms with Crippen molar-refractivity contribution < 1.29 is 24.6 Å². The molecule has 0 bridgehead atoms. The molecule has 0 spiro atoms. The highest BCUT2D eigenvalue weighted by molar-refractivity contribution is 5.92. The number of allylic oxidation sites excluding steroid dienone is 3. The van der Waals surface area contributed by atoms with Crippen molar-refractivity contribution in [2.45, 2.75) is 6.92 Å². The molecule has 0 fully saturated rings. The summed E-state index contributed by atoms with van der Waals surface area (Å²) in [4.78, 5) is 32.9. The maximum absolute atomic E-state index is 11.4. The monoisotopic (exact) mass is 227 g/mol. The van der Waals surface area contributed by atoms with Gasteiger partial charge < -0.3 is 15.1 Å². The summed E-state index contributed by atoms with van der Waals surface area (Å²) in [5.74, 6) is -3.16. The number of hydrogen-bond donors (Lipinski definition) is 2. The Bertz CT molecular complexity index is 316. The number of nitrogens with zero attached hydrogens (tertiary/aromatic N) is 1. The summed E-state index contributed by atoms with van der Waals surface area (Å²) in [6.45, 7) is 0.484. The van der Waals surface area contributed by atoms with E-state index in [0.717, 1.165) is 11.0 Å². The highest BCUT2D eigenvalue weighted by atomic mass is 16.4. The van der Waals surface area contributed by atoms with Crippen molar-refractivity contribution in [3.05, 3.63) is 24.3 Å².